The first-order valence-electron chi connectivity index (χ1n) is 3.43. The highest BCUT2D eigenvalue weighted by Crippen LogP contribution is 1.87. The first kappa shape index (κ1) is 10.5. The van der Waals surface area contributed by atoms with E-state index in [1.54, 1.807) is 6.92 Å². The van der Waals surface area contributed by atoms with Gasteiger partial charge in [0.25, 0.3) is 0 Å². The quantitative estimate of drug-likeness (QED) is 0.645. The zero-order valence-electron chi connectivity index (χ0n) is 6.69. The molecule has 0 aliphatic heterocycles. The Morgan fingerprint density at radius 1 is 1.50 bits per heavy atom. The van der Waals surface area contributed by atoms with E-state index in [0.29, 0.717) is 0 Å². The summed E-state index contributed by atoms with van der Waals surface area (Å²) in [6, 6.07) is 0. The van der Waals surface area contributed by atoms with Gasteiger partial charge in [0, 0.05) is 0 Å². The third-order valence-corrected chi connectivity index (χ3v) is 0.846. The number of hydrogen-bond acceptors (Lipinski definition) is 4. The van der Waals surface area contributed by atoms with Crippen LogP contribution in [0.15, 0.2) is 10.2 Å². The minimum atomic E-state index is -0.974. The number of carbonyl (C=O) groups is 2. The van der Waals surface area contributed by atoms with Crippen LogP contribution < -0.4 is 0 Å². The van der Waals surface area contributed by atoms with Gasteiger partial charge in [0.05, 0.1) is 19.6 Å². The van der Waals surface area contributed by atoms with Crippen LogP contribution in [0.2, 0.25) is 0 Å². The first-order valence-corrected chi connectivity index (χ1v) is 3.43. The van der Waals surface area contributed by atoms with E-state index in [1.165, 1.54) is 0 Å². The molecule has 0 saturated heterocycles. The van der Waals surface area contributed by atoms with Crippen molar-refractivity contribution >= 4 is 12.1 Å². The van der Waals surface area contributed by atoms with Gasteiger partial charge in [0.1, 0.15) is 0 Å². The van der Waals surface area contributed by atoms with Gasteiger partial charge in [-0.05, 0) is 6.92 Å². The Labute approximate surface area is 69.2 Å². The molecule has 6 nitrogen and oxygen atoms in total. The minimum absolute atomic E-state index is 0.00581. The molecule has 0 rings (SSSR count). The van der Waals surface area contributed by atoms with E-state index < -0.39 is 12.1 Å². The Balaban J connectivity index is 3.48. The Kier molecular flexibility index (Phi) is 5.50. The van der Waals surface area contributed by atoms with Crippen molar-refractivity contribution in [3.8, 4) is 0 Å². The third-order valence-electron chi connectivity index (χ3n) is 0.846. The lowest BCUT2D eigenvalue weighted by atomic mass is 10.4. The maximum atomic E-state index is 10.5. The molecule has 0 aromatic heterocycles. The fourth-order valence-corrected chi connectivity index (χ4v) is 0.406. The zero-order valence-corrected chi connectivity index (χ0v) is 6.69. The van der Waals surface area contributed by atoms with Crippen LogP contribution in [0.4, 0.5) is 4.79 Å². The average Bonchev–Trinajstić information content (AvgIpc) is 1.98. The van der Waals surface area contributed by atoms with Crippen LogP contribution >= 0.6 is 0 Å². The molecule has 0 radical (unpaired) electrons. The van der Waals surface area contributed by atoms with Crippen molar-refractivity contribution < 1.29 is 19.4 Å². The number of carboxylic acid groups (broad SMARTS) is 1. The molecular formula is C6H10N2O4. The normalized spacial score (nSPS) is 10.1. The monoisotopic (exact) mass is 174 g/mol. The highest BCUT2D eigenvalue weighted by atomic mass is 16.5. The number of azo groups is 1. The molecule has 0 fully saturated rings. The minimum Gasteiger partial charge on any atom is -0.481 e. The van der Waals surface area contributed by atoms with Crippen molar-refractivity contribution in [2.45, 2.75) is 13.3 Å². The van der Waals surface area contributed by atoms with Crippen LogP contribution in [0.25, 0.3) is 0 Å². The average molecular weight is 174 g/mol. The summed E-state index contributed by atoms with van der Waals surface area (Å²) in [6.07, 6.45) is -0.925. The van der Waals surface area contributed by atoms with Crippen molar-refractivity contribution in [1.29, 1.82) is 0 Å². The maximum absolute atomic E-state index is 10.5. The second kappa shape index (κ2) is 6.26. The van der Waals surface area contributed by atoms with Crippen LogP contribution in [-0.2, 0) is 9.53 Å². The van der Waals surface area contributed by atoms with Crippen molar-refractivity contribution in [1.82, 2.24) is 0 Å². The summed E-state index contributed by atoms with van der Waals surface area (Å²) in [7, 11) is 0. The third kappa shape index (κ3) is 6.66. The maximum Gasteiger partial charge on any atom is 0.452 e. The van der Waals surface area contributed by atoms with E-state index in [4.69, 9.17) is 5.11 Å². The highest BCUT2D eigenvalue weighted by Gasteiger charge is 1.97. The van der Waals surface area contributed by atoms with Gasteiger partial charge in [-0.2, -0.15) is 5.11 Å². The molecule has 1 N–H and O–H groups in total. The van der Waals surface area contributed by atoms with Crippen LogP contribution in [0, 0.1) is 0 Å². The summed E-state index contributed by atoms with van der Waals surface area (Å²) >= 11 is 0. The molecule has 0 aromatic rings. The Morgan fingerprint density at radius 3 is 2.67 bits per heavy atom. The van der Waals surface area contributed by atoms with E-state index in [9.17, 15) is 9.59 Å². The molecule has 0 bridgehead atoms. The van der Waals surface area contributed by atoms with Gasteiger partial charge in [-0.1, -0.05) is 5.11 Å². The lowest BCUT2D eigenvalue weighted by Gasteiger charge is -1.91. The molecular weight excluding hydrogens is 164 g/mol. The lowest BCUT2D eigenvalue weighted by molar-refractivity contribution is -0.136. The summed E-state index contributed by atoms with van der Waals surface area (Å²) in [4.78, 5) is 20.4. The summed E-state index contributed by atoms with van der Waals surface area (Å²) in [5, 5.41) is 14.6. The standard InChI is InChI=1S/C6H10N2O4/c1-2-12-6(11)8-7-4-3-5(9)10/h2-4H2,1H3,(H,9,10). The van der Waals surface area contributed by atoms with Gasteiger partial charge in [0.2, 0.25) is 0 Å². The van der Waals surface area contributed by atoms with Gasteiger partial charge in [-0.25, -0.2) is 4.79 Å². The van der Waals surface area contributed by atoms with Crippen LogP contribution in [-0.4, -0.2) is 30.3 Å². The number of hydrogen-bond donors (Lipinski definition) is 1. The van der Waals surface area contributed by atoms with E-state index in [1.807, 2.05) is 0 Å². The molecule has 0 saturated carbocycles. The van der Waals surface area contributed by atoms with E-state index in [-0.39, 0.29) is 19.6 Å². The van der Waals surface area contributed by atoms with Crippen LogP contribution in [0.5, 0.6) is 0 Å². The molecule has 68 valence electrons. The van der Waals surface area contributed by atoms with Crippen molar-refractivity contribution in [2.24, 2.45) is 10.2 Å². The highest BCUT2D eigenvalue weighted by molar-refractivity contribution is 5.68. The Bertz CT molecular complexity index is 190. The smallest absolute Gasteiger partial charge is 0.452 e. The van der Waals surface area contributed by atoms with Gasteiger partial charge in [0.15, 0.2) is 0 Å². The van der Waals surface area contributed by atoms with Crippen molar-refractivity contribution in [3.05, 3.63) is 0 Å². The predicted octanol–water partition coefficient (Wildman–Crippen LogP) is 1.07. The van der Waals surface area contributed by atoms with Gasteiger partial charge >= 0.3 is 12.1 Å². The molecule has 0 aliphatic rings. The van der Waals surface area contributed by atoms with Crippen molar-refractivity contribution in [3.63, 3.8) is 0 Å². The topological polar surface area (TPSA) is 88.3 Å². The number of carboxylic acids is 1. The summed E-state index contributed by atoms with van der Waals surface area (Å²) in [5.74, 6) is -0.974. The molecule has 0 unspecified atom stereocenters. The van der Waals surface area contributed by atoms with Gasteiger partial charge in [-0.15, -0.1) is 0 Å². The fraction of sp³-hybridized carbons (Fsp3) is 0.667. The Morgan fingerprint density at radius 2 is 2.17 bits per heavy atom. The summed E-state index contributed by atoms with van der Waals surface area (Å²) < 4.78 is 4.40. The first-order chi connectivity index (χ1) is 5.66. The second-order valence-electron chi connectivity index (χ2n) is 1.81. The number of ether oxygens (including phenoxy) is 1. The second-order valence-corrected chi connectivity index (χ2v) is 1.81. The summed E-state index contributed by atoms with van der Waals surface area (Å²) in [5.41, 5.74) is 0. The van der Waals surface area contributed by atoms with Gasteiger partial charge < -0.3 is 9.84 Å². The lowest BCUT2D eigenvalue weighted by Crippen LogP contribution is -1.99. The molecule has 0 atom stereocenters. The Hall–Kier alpha value is -1.46. The number of nitrogens with zero attached hydrogens (tertiary/aromatic N) is 2. The number of amides is 1. The molecule has 6 heteroatoms. The van der Waals surface area contributed by atoms with Gasteiger partial charge in [-0.3, -0.25) is 4.79 Å². The predicted molar refractivity (Wildman–Crippen MR) is 39.0 cm³/mol. The molecule has 0 aromatic carbocycles. The molecule has 1 amide bonds. The number of rotatable bonds is 4. The SMILES string of the molecule is CCOC(=O)N=NCCC(=O)O. The molecule has 0 heterocycles. The van der Waals surface area contributed by atoms with Crippen LogP contribution in [0.3, 0.4) is 0 Å². The van der Waals surface area contributed by atoms with E-state index in [2.05, 4.69) is 15.0 Å². The summed E-state index contributed by atoms with van der Waals surface area (Å²) in [6.45, 7) is 1.87. The van der Waals surface area contributed by atoms with Crippen molar-refractivity contribution in [2.75, 3.05) is 13.2 Å². The molecule has 0 aliphatic carbocycles. The van der Waals surface area contributed by atoms with E-state index in [0.717, 1.165) is 0 Å². The number of carbonyl (C=O) groups excluding carboxylic acids is 1. The largest absolute Gasteiger partial charge is 0.481 e. The molecule has 12 heavy (non-hydrogen) atoms. The molecule has 0 spiro atoms. The van der Waals surface area contributed by atoms with Crippen LogP contribution in [0.1, 0.15) is 13.3 Å². The zero-order chi connectivity index (χ0) is 9.40. The van der Waals surface area contributed by atoms with E-state index >= 15 is 0 Å². The fourth-order valence-electron chi connectivity index (χ4n) is 0.406. The number of aliphatic carboxylic acids is 1.